The van der Waals surface area contributed by atoms with Crippen molar-refractivity contribution >= 4 is 51.7 Å². The van der Waals surface area contributed by atoms with Gasteiger partial charge in [-0.05, 0) is 42.3 Å². The number of halogens is 1. The minimum absolute atomic E-state index is 0.0436. The number of thioether (sulfide) groups is 1. The number of aliphatic imine (C=N–C) groups is 1. The van der Waals surface area contributed by atoms with E-state index in [0.29, 0.717) is 22.3 Å². The molecule has 0 fully saturated rings. The lowest BCUT2D eigenvalue weighted by atomic mass is 9.99. The third kappa shape index (κ3) is 5.31. The van der Waals surface area contributed by atoms with E-state index < -0.39 is 5.25 Å². The zero-order chi connectivity index (χ0) is 24.4. The van der Waals surface area contributed by atoms with Crippen LogP contribution in [0.5, 0.6) is 0 Å². The maximum Gasteiger partial charge on any atom is 0.262 e. The topological polar surface area (TPSA) is 74.1 Å². The van der Waals surface area contributed by atoms with Crippen molar-refractivity contribution in [2.45, 2.75) is 31.1 Å². The maximum absolute atomic E-state index is 12.7. The van der Waals surface area contributed by atoms with Crippen molar-refractivity contribution in [3.63, 3.8) is 0 Å². The molecule has 8 heteroatoms. The van der Waals surface area contributed by atoms with Gasteiger partial charge in [0.1, 0.15) is 5.25 Å². The molecule has 2 amide bonds. The molecule has 176 valence electrons. The van der Waals surface area contributed by atoms with Crippen LogP contribution in [-0.2, 0) is 9.59 Å². The second-order valence-electron chi connectivity index (χ2n) is 8.49. The highest BCUT2D eigenvalue weighted by atomic mass is 35.5. The number of carbonyl (C=O) groups excluding carboxylic acids is 2. The molecule has 3 aromatic rings. The van der Waals surface area contributed by atoms with Crippen molar-refractivity contribution in [3.05, 3.63) is 101 Å². The smallest absolute Gasteiger partial charge is 0.262 e. The summed E-state index contributed by atoms with van der Waals surface area (Å²) in [5.74, 6) is -0.534. The molecular formula is C27H23ClN4O2S. The highest BCUT2D eigenvalue weighted by Gasteiger charge is 2.39. The number of amides is 2. The summed E-state index contributed by atoms with van der Waals surface area (Å²) in [6, 6.07) is 25.1. The summed E-state index contributed by atoms with van der Waals surface area (Å²) in [5.41, 5.74) is 4.77. The van der Waals surface area contributed by atoms with E-state index in [2.05, 4.69) is 10.3 Å². The minimum Gasteiger partial charge on any atom is -0.326 e. The first-order valence-electron chi connectivity index (χ1n) is 11.3. The van der Waals surface area contributed by atoms with Crippen LogP contribution in [0.2, 0.25) is 5.02 Å². The summed E-state index contributed by atoms with van der Waals surface area (Å²) in [7, 11) is 0. The molecular weight excluding hydrogens is 480 g/mol. The van der Waals surface area contributed by atoms with E-state index in [9.17, 15) is 9.59 Å². The number of anilines is 1. The molecule has 0 saturated carbocycles. The van der Waals surface area contributed by atoms with Gasteiger partial charge in [-0.2, -0.15) is 10.1 Å². The number of benzene rings is 3. The van der Waals surface area contributed by atoms with Crippen LogP contribution >= 0.6 is 23.4 Å². The molecule has 2 atom stereocenters. The van der Waals surface area contributed by atoms with Gasteiger partial charge in [0.25, 0.3) is 5.91 Å². The Hall–Kier alpha value is -3.42. The Balaban J connectivity index is 1.33. The van der Waals surface area contributed by atoms with Crippen molar-refractivity contribution in [3.8, 4) is 0 Å². The van der Waals surface area contributed by atoms with Gasteiger partial charge >= 0.3 is 0 Å². The van der Waals surface area contributed by atoms with Crippen LogP contribution in [0.15, 0.2) is 89.0 Å². The summed E-state index contributed by atoms with van der Waals surface area (Å²) < 4.78 is 0. The van der Waals surface area contributed by atoms with Crippen LogP contribution in [0, 0.1) is 6.92 Å². The first-order chi connectivity index (χ1) is 17.0. The molecule has 6 nitrogen and oxygen atoms in total. The van der Waals surface area contributed by atoms with Crippen LogP contribution in [0.25, 0.3) is 0 Å². The van der Waals surface area contributed by atoms with E-state index in [-0.39, 0.29) is 24.3 Å². The molecule has 2 heterocycles. The molecule has 2 aliphatic heterocycles. The second kappa shape index (κ2) is 10.1. The third-order valence-electron chi connectivity index (χ3n) is 5.90. The Morgan fingerprint density at radius 2 is 1.77 bits per heavy atom. The first kappa shape index (κ1) is 23.3. The fourth-order valence-electron chi connectivity index (χ4n) is 4.06. The third-order valence-corrected chi connectivity index (χ3v) is 7.30. The number of aryl methyl sites for hydroxylation is 1. The highest BCUT2D eigenvalue weighted by Crippen LogP contribution is 2.38. The van der Waals surface area contributed by atoms with Gasteiger partial charge in [0.05, 0.1) is 11.8 Å². The van der Waals surface area contributed by atoms with E-state index in [4.69, 9.17) is 16.7 Å². The van der Waals surface area contributed by atoms with Crippen molar-refractivity contribution in [2.75, 3.05) is 5.32 Å². The molecule has 0 unspecified atom stereocenters. The largest absolute Gasteiger partial charge is 0.326 e. The normalized spacial score (nSPS) is 19.5. The number of carbonyl (C=O) groups is 2. The molecule has 0 saturated heterocycles. The number of nitrogens with one attached hydrogen (secondary N) is 1. The van der Waals surface area contributed by atoms with Crippen LogP contribution in [0.1, 0.15) is 35.6 Å². The quantitative estimate of drug-likeness (QED) is 0.476. The van der Waals surface area contributed by atoms with Gasteiger partial charge in [0.15, 0.2) is 5.17 Å². The summed E-state index contributed by atoms with van der Waals surface area (Å²) in [5, 5.41) is 10.1. The summed E-state index contributed by atoms with van der Waals surface area (Å²) in [4.78, 5) is 29.6. The Morgan fingerprint density at radius 1 is 1.06 bits per heavy atom. The van der Waals surface area contributed by atoms with Crippen LogP contribution in [0.4, 0.5) is 5.69 Å². The SMILES string of the molecule is Cc1ccc(NC(=O)C[C@H]2SC(N3N=C(c4ccc(Cl)cc4)C[C@H]3c3ccccc3)=NC2=O)cc1. The summed E-state index contributed by atoms with van der Waals surface area (Å²) in [6.45, 7) is 1.99. The molecule has 5 rings (SSSR count). The Bertz CT molecular complexity index is 1310. The van der Waals surface area contributed by atoms with E-state index in [0.717, 1.165) is 22.4 Å². The lowest BCUT2D eigenvalue weighted by Gasteiger charge is -2.23. The highest BCUT2D eigenvalue weighted by molar-refractivity contribution is 8.15. The van der Waals surface area contributed by atoms with E-state index in [1.54, 1.807) is 0 Å². The second-order valence-corrected chi connectivity index (χ2v) is 10.1. The van der Waals surface area contributed by atoms with Crippen molar-refractivity contribution in [1.82, 2.24) is 5.01 Å². The molecule has 0 aliphatic carbocycles. The first-order valence-corrected chi connectivity index (χ1v) is 12.6. The van der Waals surface area contributed by atoms with Gasteiger partial charge in [-0.1, -0.05) is 83.5 Å². The van der Waals surface area contributed by atoms with Crippen molar-refractivity contribution in [1.29, 1.82) is 0 Å². The van der Waals surface area contributed by atoms with E-state index >= 15 is 0 Å². The molecule has 0 aromatic heterocycles. The molecule has 0 spiro atoms. The number of amidine groups is 1. The van der Waals surface area contributed by atoms with Gasteiger partial charge in [0.2, 0.25) is 5.91 Å². The fourth-order valence-corrected chi connectivity index (χ4v) is 5.25. The minimum atomic E-state index is -0.582. The summed E-state index contributed by atoms with van der Waals surface area (Å²) >= 11 is 7.36. The maximum atomic E-state index is 12.7. The van der Waals surface area contributed by atoms with E-state index in [1.807, 2.05) is 90.8 Å². The predicted molar refractivity (Wildman–Crippen MR) is 142 cm³/mol. The van der Waals surface area contributed by atoms with Gasteiger partial charge in [-0.15, -0.1) is 0 Å². The summed E-state index contributed by atoms with van der Waals surface area (Å²) in [6.07, 6.45) is 0.708. The van der Waals surface area contributed by atoms with Gasteiger partial charge < -0.3 is 5.32 Å². The monoisotopic (exact) mass is 502 g/mol. The fraction of sp³-hybridized carbons (Fsp3) is 0.185. The van der Waals surface area contributed by atoms with Gasteiger partial charge in [-0.25, -0.2) is 5.01 Å². The van der Waals surface area contributed by atoms with E-state index in [1.165, 1.54) is 11.8 Å². The van der Waals surface area contributed by atoms with Crippen LogP contribution in [0.3, 0.4) is 0 Å². The lowest BCUT2D eigenvalue weighted by Crippen LogP contribution is -2.25. The van der Waals surface area contributed by atoms with Crippen molar-refractivity contribution < 1.29 is 9.59 Å². The molecule has 0 bridgehead atoms. The molecule has 1 N–H and O–H groups in total. The van der Waals surface area contributed by atoms with Gasteiger partial charge in [0, 0.05) is 23.6 Å². The number of hydrogen-bond acceptors (Lipinski definition) is 5. The predicted octanol–water partition coefficient (Wildman–Crippen LogP) is 5.83. The Kier molecular flexibility index (Phi) is 6.70. The van der Waals surface area contributed by atoms with Crippen LogP contribution in [-0.4, -0.2) is 33.0 Å². The molecule has 3 aromatic carbocycles. The average Bonchev–Trinajstić information content (AvgIpc) is 3.46. The lowest BCUT2D eigenvalue weighted by molar-refractivity contribution is -0.121. The number of hydrogen-bond donors (Lipinski definition) is 1. The Morgan fingerprint density at radius 3 is 2.49 bits per heavy atom. The standard InChI is InChI=1S/C27H23ClN4O2S/c1-17-7-13-21(14-8-17)29-25(33)16-24-26(34)30-27(35-24)32-23(19-5-3-2-4-6-19)15-22(31-32)18-9-11-20(28)12-10-18/h2-14,23-24H,15-16H2,1H3,(H,29,33)/t23-,24+/m0/s1. The zero-order valence-electron chi connectivity index (χ0n) is 19.0. The molecule has 0 radical (unpaired) electrons. The van der Waals surface area contributed by atoms with Crippen LogP contribution < -0.4 is 5.32 Å². The number of hydrazone groups is 1. The number of rotatable bonds is 5. The molecule has 35 heavy (non-hydrogen) atoms. The van der Waals surface area contributed by atoms with Crippen molar-refractivity contribution in [2.24, 2.45) is 10.1 Å². The molecule has 2 aliphatic rings. The number of nitrogens with zero attached hydrogens (tertiary/aromatic N) is 3. The van der Waals surface area contributed by atoms with Gasteiger partial charge in [-0.3, -0.25) is 9.59 Å². The average molecular weight is 503 g/mol. The Labute approximate surface area is 213 Å². The zero-order valence-corrected chi connectivity index (χ0v) is 20.6.